The van der Waals surface area contributed by atoms with Crippen molar-refractivity contribution in [1.29, 1.82) is 0 Å². The second-order valence-electron chi connectivity index (χ2n) is 7.46. The van der Waals surface area contributed by atoms with Gasteiger partial charge in [0.05, 0.1) is 11.2 Å². The van der Waals surface area contributed by atoms with Crippen molar-refractivity contribution >= 4 is 27.5 Å². The number of furan rings is 1. The second-order valence-corrected chi connectivity index (χ2v) is 9.37. The normalized spacial score (nSPS) is 16.5. The summed E-state index contributed by atoms with van der Waals surface area (Å²) in [6, 6.07) is 7.05. The molecule has 0 spiro atoms. The number of nitrogens with one attached hydrogen (secondary N) is 2. The lowest BCUT2D eigenvalue weighted by Crippen LogP contribution is -2.41. The molecule has 2 amide bonds. The number of hydrogen-bond acceptors (Lipinski definition) is 5. The number of benzene rings is 1. The van der Waals surface area contributed by atoms with E-state index in [4.69, 9.17) is 4.42 Å². The lowest BCUT2D eigenvalue weighted by atomic mass is 10.2. The molecule has 2 heterocycles. The molecule has 2 aromatic rings. The van der Waals surface area contributed by atoms with Gasteiger partial charge >= 0.3 is 0 Å². The monoisotopic (exact) mass is 433 g/mol. The molecule has 1 aliphatic rings. The van der Waals surface area contributed by atoms with Gasteiger partial charge in [0.2, 0.25) is 15.9 Å². The summed E-state index contributed by atoms with van der Waals surface area (Å²) in [6.45, 7) is 4.30. The second kappa shape index (κ2) is 9.44. The van der Waals surface area contributed by atoms with Crippen LogP contribution in [-0.4, -0.2) is 43.7 Å². The van der Waals surface area contributed by atoms with E-state index < -0.39 is 27.9 Å². The molecule has 0 bridgehead atoms. The zero-order valence-electron chi connectivity index (χ0n) is 17.2. The Morgan fingerprint density at radius 2 is 1.80 bits per heavy atom. The minimum absolute atomic E-state index is 0.107. The molecule has 8 nitrogen and oxygen atoms in total. The standard InChI is InChI=1S/C21H27N3O5S/c1-15-9-10-17(14-19(15)30(27,28)24-11-5-3-4-6-12-24)23-20(25)16(2)22-21(26)18-8-7-13-29-18/h7-10,13-14,16H,3-6,11-12H2,1-2H3,(H,22,26)(H,23,25)/t16-/m0/s1. The third-order valence-electron chi connectivity index (χ3n) is 5.12. The minimum atomic E-state index is -3.64. The van der Waals surface area contributed by atoms with Crippen LogP contribution in [0.3, 0.4) is 0 Å². The third kappa shape index (κ3) is 5.09. The molecular weight excluding hydrogens is 406 g/mol. The van der Waals surface area contributed by atoms with Crippen molar-refractivity contribution < 1.29 is 22.4 Å². The van der Waals surface area contributed by atoms with Crippen LogP contribution in [0.25, 0.3) is 0 Å². The average Bonchev–Trinajstić information content (AvgIpc) is 3.11. The average molecular weight is 434 g/mol. The summed E-state index contributed by atoms with van der Waals surface area (Å²) in [5.41, 5.74) is 0.981. The van der Waals surface area contributed by atoms with Gasteiger partial charge in [-0.05, 0) is 56.5 Å². The zero-order chi connectivity index (χ0) is 21.7. The molecule has 1 fully saturated rings. The highest BCUT2D eigenvalue weighted by atomic mass is 32.2. The molecule has 1 aliphatic heterocycles. The summed E-state index contributed by atoms with van der Waals surface area (Å²) < 4.78 is 32.9. The Kier molecular flexibility index (Phi) is 6.94. The van der Waals surface area contributed by atoms with Crippen molar-refractivity contribution in [2.24, 2.45) is 0 Å². The van der Waals surface area contributed by atoms with Gasteiger partial charge in [-0.3, -0.25) is 9.59 Å². The van der Waals surface area contributed by atoms with Crippen LogP contribution in [0.15, 0.2) is 45.9 Å². The summed E-state index contributed by atoms with van der Waals surface area (Å²) in [7, 11) is -3.64. The van der Waals surface area contributed by atoms with Crippen molar-refractivity contribution in [2.45, 2.75) is 50.5 Å². The van der Waals surface area contributed by atoms with Crippen LogP contribution in [0.4, 0.5) is 5.69 Å². The smallest absolute Gasteiger partial charge is 0.287 e. The lowest BCUT2D eigenvalue weighted by molar-refractivity contribution is -0.117. The maximum absolute atomic E-state index is 13.2. The van der Waals surface area contributed by atoms with Crippen LogP contribution >= 0.6 is 0 Å². The molecule has 2 N–H and O–H groups in total. The number of carbonyl (C=O) groups is 2. The molecule has 1 atom stereocenters. The van der Waals surface area contributed by atoms with Gasteiger partial charge in [-0.15, -0.1) is 0 Å². The highest BCUT2D eigenvalue weighted by Crippen LogP contribution is 2.26. The maximum atomic E-state index is 13.2. The number of anilines is 1. The molecule has 1 aromatic carbocycles. The highest BCUT2D eigenvalue weighted by Gasteiger charge is 2.27. The summed E-state index contributed by atoms with van der Waals surface area (Å²) in [6.07, 6.45) is 5.13. The van der Waals surface area contributed by atoms with Crippen molar-refractivity contribution in [3.63, 3.8) is 0 Å². The Morgan fingerprint density at radius 3 is 2.43 bits per heavy atom. The number of hydrogen-bond donors (Lipinski definition) is 2. The van der Waals surface area contributed by atoms with E-state index in [2.05, 4.69) is 10.6 Å². The number of rotatable bonds is 6. The van der Waals surface area contributed by atoms with Crippen LogP contribution < -0.4 is 10.6 Å². The molecule has 9 heteroatoms. The topological polar surface area (TPSA) is 109 Å². The third-order valence-corrected chi connectivity index (χ3v) is 7.17. The van der Waals surface area contributed by atoms with Crippen molar-refractivity contribution in [3.05, 3.63) is 47.9 Å². The molecule has 30 heavy (non-hydrogen) atoms. The van der Waals surface area contributed by atoms with Gasteiger partial charge in [0.25, 0.3) is 5.91 Å². The molecule has 1 saturated heterocycles. The van der Waals surface area contributed by atoms with Crippen LogP contribution in [-0.2, 0) is 14.8 Å². The molecule has 162 valence electrons. The Bertz CT molecular complexity index is 994. The number of amides is 2. The number of sulfonamides is 1. The Morgan fingerprint density at radius 1 is 1.10 bits per heavy atom. The van der Waals surface area contributed by atoms with E-state index in [1.807, 2.05) is 0 Å². The first kappa shape index (κ1) is 22.0. The van der Waals surface area contributed by atoms with Gasteiger partial charge < -0.3 is 15.1 Å². The van der Waals surface area contributed by atoms with E-state index in [-0.39, 0.29) is 10.7 Å². The molecule has 0 saturated carbocycles. The molecule has 0 radical (unpaired) electrons. The van der Waals surface area contributed by atoms with E-state index >= 15 is 0 Å². The molecule has 0 unspecified atom stereocenters. The largest absolute Gasteiger partial charge is 0.459 e. The Labute approximate surface area is 176 Å². The molecule has 1 aromatic heterocycles. The van der Waals surface area contributed by atoms with E-state index in [0.717, 1.165) is 25.7 Å². The highest BCUT2D eigenvalue weighted by molar-refractivity contribution is 7.89. The van der Waals surface area contributed by atoms with E-state index in [1.165, 1.54) is 22.7 Å². The van der Waals surface area contributed by atoms with Gasteiger partial charge in [0, 0.05) is 18.8 Å². The van der Waals surface area contributed by atoms with E-state index in [0.29, 0.717) is 24.3 Å². The quantitative estimate of drug-likeness (QED) is 0.728. The SMILES string of the molecule is Cc1ccc(NC(=O)[C@H](C)NC(=O)c2ccco2)cc1S(=O)(=O)N1CCCCCC1. The van der Waals surface area contributed by atoms with Crippen LogP contribution in [0.2, 0.25) is 0 Å². The Balaban J connectivity index is 1.72. The summed E-state index contributed by atoms with van der Waals surface area (Å²) in [5, 5.41) is 5.23. The van der Waals surface area contributed by atoms with Crippen LogP contribution in [0.5, 0.6) is 0 Å². The zero-order valence-corrected chi connectivity index (χ0v) is 18.0. The van der Waals surface area contributed by atoms with E-state index in [1.54, 1.807) is 32.0 Å². The van der Waals surface area contributed by atoms with Crippen molar-refractivity contribution in [3.8, 4) is 0 Å². The van der Waals surface area contributed by atoms with Gasteiger partial charge in [-0.25, -0.2) is 8.42 Å². The maximum Gasteiger partial charge on any atom is 0.287 e. The van der Waals surface area contributed by atoms with Gasteiger partial charge in [0.15, 0.2) is 5.76 Å². The summed E-state index contributed by atoms with van der Waals surface area (Å²) >= 11 is 0. The number of aryl methyl sites for hydroxylation is 1. The fraction of sp³-hybridized carbons (Fsp3) is 0.429. The van der Waals surface area contributed by atoms with Gasteiger partial charge in [-0.1, -0.05) is 18.9 Å². The minimum Gasteiger partial charge on any atom is -0.459 e. The summed E-state index contributed by atoms with van der Waals surface area (Å²) in [4.78, 5) is 24.7. The first-order chi connectivity index (χ1) is 14.3. The summed E-state index contributed by atoms with van der Waals surface area (Å²) in [5.74, 6) is -0.858. The van der Waals surface area contributed by atoms with Crippen molar-refractivity contribution in [1.82, 2.24) is 9.62 Å². The lowest BCUT2D eigenvalue weighted by Gasteiger charge is -2.22. The first-order valence-corrected chi connectivity index (χ1v) is 11.5. The Hall–Kier alpha value is -2.65. The number of nitrogens with zero attached hydrogens (tertiary/aromatic N) is 1. The number of carbonyl (C=O) groups excluding carboxylic acids is 2. The van der Waals surface area contributed by atoms with Crippen LogP contribution in [0, 0.1) is 6.92 Å². The predicted molar refractivity (Wildman–Crippen MR) is 113 cm³/mol. The fourth-order valence-corrected chi connectivity index (χ4v) is 5.14. The van der Waals surface area contributed by atoms with Crippen molar-refractivity contribution in [2.75, 3.05) is 18.4 Å². The predicted octanol–water partition coefficient (Wildman–Crippen LogP) is 2.91. The first-order valence-electron chi connectivity index (χ1n) is 10.0. The van der Waals surface area contributed by atoms with Crippen LogP contribution in [0.1, 0.15) is 48.7 Å². The fourth-order valence-electron chi connectivity index (χ4n) is 3.37. The molecular formula is C21H27N3O5S. The van der Waals surface area contributed by atoms with Gasteiger partial charge in [-0.2, -0.15) is 4.31 Å². The van der Waals surface area contributed by atoms with E-state index in [9.17, 15) is 18.0 Å². The molecule has 3 rings (SSSR count). The van der Waals surface area contributed by atoms with Gasteiger partial charge in [0.1, 0.15) is 6.04 Å². The molecule has 0 aliphatic carbocycles.